The van der Waals surface area contributed by atoms with Gasteiger partial charge in [-0.25, -0.2) is 4.39 Å². The van der Waals surface area contributed by atoms with Crippen LogP contribution in [-0.4, -0.2) is 19.6 Å². The van der Waals surface area contributed by atoms with Crippen molar-refractivity contribution in [3.05, 3.63) is 30.1 Å². The summed E-state index contributed by atoms with van der Waals surface area (Å²) in [6.45, 7) is 4.81. The van der Waals surface area contributed by atoms with Crippen molar-refractivity contribution in [2.45, 2.75) is 19.9 Å². The topological polar surface area (TPSA) is 29.3 Å². The molecule has 0 bridgehead atoms. The summed E-state index contributed by atoms with van der Waals surface area (Å²) >= 11 is 0. The monoisotopic (exact) mass is 210 g/mol. The van der Waals surface area contributed by atoms with Gasteiger partial charge in [0.1, 0.15) is 5.82 Å². The first-order valence-electron chi connectivity index (χ1n) is 5.24. The number of benzene rings is 1. The van der Waals surface area contributed by atoms with Crippen molar-refractivity contribution >= 4 is 5.69 Å². The van der Waals surface area contributed by atoms with Gasteiger partial charge in [0.05, 0.1) is 0 Å². The van der Waals surface area contributed by atoms with Gasteiger partial charge in [-0.3, -0.25) is 0 Å². The molecule has 2 nitrogen and oxygen atoms in total. The van der Waals surface area contributed by atoms with Gasteiger partial charge >= 0.3 is 0 Å². The predicted octanol–water partition coefficient (Wildman–Crippen LogP) is 2.25. The Bertz CT molecular complexity index is 312. The number of nitrogens with zero attached hydrogens (tertiary/aromatic N) is 1. The summed E-state index contributed by atoms with van der Waals surface area (Å²) in [5, 5.41) is 0. The van der Waals surface area contributed by atoms with E-state index in [1.54, 1.807) is 6.07 Å². The molecule has 0 amide bonds. The first-order chi connectivity index (χ1) is 7.06. The van der Waals surface area contributed by atoms with E-state index in [1.165, 1.54) is 12.1 Å². The molecule has 1 atom stereocenters. The Kier molecular flexibility index (Phi) is 4.09. The molecular formula is C12H19FN2. The number of rotatable bonds is 4. The van der Waals surface area contributed by atoms with Crippen LogP contribution < -0.4 is 10.6 Å². The van der Waals surface area contributed by atoms with Gasteiger partial charge in [0, 0.05) is 25.3 Å². The quantitative estimate of drug-likeness (QED) is 0.825. The smallest absolute Gasteiger partial charge is 0.125 e. The van der Waals surface area contributed by atoms with Crippen LogP contribution in [0.15, 0.2) is 24.3 Å². The molecule has 2 N–H and O–H groups in total. The Morgan fingerprint density at radius 2 is 2.07 bits per heavy atom. The van der Waals surface area contributed by atoms with E-state index in [2.05, 4.69) is 13.8 Å². The molecule has 0 aliphatic rings. The predicted molar refractivity (Wildman–Crippen MR) is 62.5 cm³/mol. The Morgan fingerprint density at radius 1 is 1.40 bits per heavy atom. The van der Waals surface area contributed by atoms with Crippen molar-refractivity contribution in [1.29, 1.82) is 0 Å². The van der Waals surface area contributed by atoms with Crippen molar-refractivity contribution in [2.24, 2.45) is 11.7 Å². The molecule has 3 heteroatoms. The van der Waals surface area contributed by atoms with Gasteiger partial charge in [-0.15, -0.1) is 0 Å². The molecule has 0 saturated heterocycles. The minimum Gasteiger partial charge on any atom is -0.370 e. The summed E-state index contributed by atoms with van der Waals surface area (Å²) in [6, 6.07) is 6.84. The highest BCUT2D eigenvalue weighted by Gasteiger charge is 2.17. The highest BCUT2D eigenvalue weighted by atomic mass is 19.1. The molecule has 0 radical (unpaired) electrons. The zero-order chi connectivity index (χ0) is 11.4. The fourth-order valence-corrected chi connectivity index (χ4v) is 1.76. The van der Waals surface area contributed by atoms with Crippen molar-refractivity contribution in [3.63, 3.8) is 0 Å². The molecule has 1 aromatic carbocycles. The highest BCUT2D eigenvalue weighted by Crippen LogP contribution is 2.19. The molecule has 1 unspecified atom stereocenters. The first kappa shape index (κ1) is 12.0. The largest absolute Gasteiger partial charge is 0.370 e. The Balaban J connectivity index is 2.87. The molecule has 0 aliphatic heterocycles. The minimum absolute atomic E-state index is 0.209. The lowest BCUT2D eigenvalue weighted by Crippen LogP contribution is -2.41. The van der Waals surface area contributed by atoms with E-state index in [0.717, 1.165) is 5.69 Å². The molecular weight excluding hydrogens is 191 g/mol. The van der Waals surface area contributed by atoms with E-state index in [4.69, 9.17) is 5.73 Å². The summed E-state index contributed by atoms with van der Waals surface area (Å²) in [5.74, 6) is 0.238. The highest BCUT2D eigenvalue weighted by molar-refractivity contribution is 5.46. The van der Waals surface area contributed by atoms with Crippen molar-refractivity contribution in [2.75, 3.05) is 18.5 Å². The standard InChI is InChI=1S/C12H19FN2/c1-9(2)12(8-14)15(3)11-6-4-5-10(13)7-11/h4-7,9,12H,8,14H2,1-3H3. The van der Waals surface area contributed by atoms with Gasteiger partial charge in [-0.05, 0) is 24.1 Å². The lowest BCUT2D eigenvalue weighted by Gasteiger charge is -2.32. The van der Waals surface area contributed by atoms with E-state index < -0.39 is 0 Å². The van der Waals surface area contributed by atoms with E-state index in [0.29, 0.717) is 12.5 Å². The maximum absolute atomic E-state index is 13.0. The molecule has 0 heterocycles. The van der Waals surface area contributed by atoms with Gasteiger partial charge in [0.25, 0.3) is 0 Å². The number of hydrogen-bond donors (Lipinski definition) is 1. The summed E-state index contributed by atoms with van der Waals surface area (Å²) in [4.78, 5) is 2.04. The molecule has 0 aliphatic carbocycles. The van der Waals surface area contributed by atoms with Gasteiger partial charge in [-0.1, -0.05) is 19.9 Å². The van der Waals surface area contributed by atoms with Crippen LogP contribution in [0.5, 0.6) is 0 Å². The zero-order valence-electron chi connectivity index (χ0n) is 9.57. The molecule has 0 saturated carbocycles. The van der Waals surface area contributed by atoms with Crippen LogP contribution in [0.4, 0.5) is 10.1 Å². The summed E-state index contributed by atoms with van der Waals surface area (Å²) in [5.41, 5.74) is 6.59. The second-order valence-electron chi connectivity index (χ2n) is 4.14. The van der Waals surface area contributed by atoms with Crippen molar-refractivity contribution in [1.82, 2.24) is 0 Å². The zero-order valence-corrected chi connectivity index (χ0v) is 9.57. The average Bonchev–Trinajstić information content (AvgIpc) is 2.18. The van der Waals surface area contributed by atoms with Gasteiger partial charge < -0.3 is 10.6 Å². The van der Waals surface area contributed by atoms with Gasteiger partial charge in [0.15, 0.2) is 0 Å². The van der Waals surface area contributed by atoms with E-state index >= 15 is 0 Å². The normalized spacial score (nSPS) is 12.9. The second-order valence-corrected chi connectivity index (χ2v) is 4.14. The van der Waals surface area contributed by atoms with Gasteiger partial charge in [0.2, 0.25) is 0 Å². The third kappa shape index (κ3) is 2.93. The number of hydrogen-bond acceptors (Lipinski definition) is 2. The molecule has 0 spiro atoms. The number of nitrogens with two attached hydrogens (primary N) is 1. The molecule has 0 fully saturated rings. The number of anilines is 1. The van der Waals surface area contributed by atoms with Crippen molar-refractivity contribution in [3.8, 4) is 0 Å². The summed E-state index contributed by atoms with van der Waals surface area (Å²) in [7, 11) is 1.95. The first-order valence-corrected chi connectivity index (χ1v) is 5.24. The molecule has 1 rings (SSSR count). The fraction of sp³-hybridized carbons (Fsp3) is 0.500. The Labute approximate surface area is 90.9 Å². The fourth-order valence-electron chi connectivity index (χ4n) is 1.76. The number of likely N-dealkylation sites (N-methyl/N-ethyl adjacent to an activating group) is 1. The second kappa shape index (κ2) is 5.12. The summed E-state index contributed by atoms with van der Waals surface area (Å²) < 4.78 is 13.0. The van der Waals surface area contributed by atoms with Crippen LogP contribution in [-0.2, 0) is 0 Å². The van der Waals surface area contributed by atoms with Crippen LogP contribution in [0.2, 0.25) is 0 Å². The van der Waals surface area contributed by atoms with Crippen LogP contribution >= 0.6 is 0 Å². The third-order valence-electron chi connectivity index (χ3n) is 2.72. The van der Waals surface area contributed by atoms with E-state index in [1.807, 2.05) is 18.0 Å². The lowest BCUT2D eigenvalue weighted by molar-refractivity contribution is 0.479. The average molecular weight is 210 g/mol. The maximum Gasteiger partial charge on any atom is 0.125 e. The lowest BCUT2D eigenvalue weighted by atomic mass is 10.0. The minimum atomic E-state index is -0.209. The van der Waals surface area contributed by atoms with Crippen LogP contribution in [0, 0.1) is 11.7 Å². The van der Waals surface area contributed by atoms with E-state index in [9.17, 15) is 4.39 Å². The molecule has 0 aromatic heterocycles. The Hall–Kier alpha value is -1.09. The Morgan fingerprint density at radius 3 is 2.53 bits per heavy atom. The van der Waals surface area contributed by atoms with Crippen LogP contribution in [0.25, 0.3) is 0 Å². The summed E-state index contributed by atoms with van der Waals surface area (Å²) in [6.07, 6.45) is 0. The van der Waals surface area contributed by atoms with Crippen LogP contribution in [0.3, 0.4) is 0 Å². The third-order valence-corrected chi connectivity index (χ3v) is 2.72. The van der Waals surface area contributed by atoms with E-state index in [-0.39, 0.29) is 11.9 Å². The molecule has 84 valence electrons. The van der Waals surface area contributed by atoms with Gasteiger partial charge in [-0.2, -0.15) is 0 Å². The maximum atomic E-state index is 13.0. The number of halogens is 1. The molecule has 1 aromatic rings. The molecule has 15 heavy (non-hydrogen) atoms. The van der Waals surface area contributed by atoms with Crippen LogP contribution in [0.1, 0.15) is 13.8 Å². The van der Waals surface area contributed by atoms with Crippen molar-refractivity contribution < 1.29 is 4.39 Å². The SMILES string of the molecule is CC(C)C(CN)N(C)c1cccc(F)c1.